The highest BCUT2D eigenvalue weighted by Gasteiger charge is 2.20. The smallest absolute Gasteiger partial charge is 0.292 e. The minimum atomic E-state index is -3.74. The van der Waals surface area contributed by atoms with Crippen LogP contribution in [0.15, 0.2) is 23.1 Å². The maximum absolute atomic E-state index is 12.1. The number of nitro groups is 1. The fourth-order valence-electron chi connectivity index (χ4n) is 1.70. The number of rotatable bonds is 8. The van der Waals surface area contributed by atoms with Gasteiger partial charge in [0.1, 0.15) is 5.69 Å². The van der Waals surface area contributed by atoms with E-state index >= 15 is 0 Å². The minimum absolute atomic E-state index is 0.0406. The molecule has 1 atom stereocenters. The van der Waals surface area contributed by atoms with Crippen LogP contribution in [0, 0.1) is 10.1 Å². The molecule has 0 bridgehead atoms. The molecule has 118 valence electrons. The van der Waals surface area contributed by atoms with Crippen molar-refractivity contribution in [1.29, 1.82) is 0 Å². The van der Waals surface area contributed by atoms with Gasteiger partial charge in [-0.15, -0.1) is 0 Å². The molecule has 0 radical (unpaired) electrons. The topological polar surface area (TPSA) is 111 Å². The summed E-state index contributed by atoms with van der Waals surface area (Å²) >= 11 is 0. The fourth-order valence-corrected chi connectivity index (χ4v) is 2.84. The van der Waals surface area contributed by atoms with Crippen molar-refractivity contribution in [3.8, 4) is 0 Å². The summed E-state index contributed by atoms with van der Waals surface area (Å²) in [5.41, 5.74) is -0.0418. The summed E-state index contributed by atoms with van der Waals surface area (Å²) in [5, 5.41) is 13.4. The molecule has 0 aliphatic rings. The van der Waals surface area contributed by atoms with Gasteiger partial charge < -0.3 is 10.1 Å². The molecule has 0 amide bonds. The third kappa shape index (κ3) is 4.66. The Labute approximate surface area is 123 Å². The van der Waals surface area contributed by atoms with Crippen LogP contribution in [-0.4, -0.2) is 39.6 Å². The minimum Gasteiger partial charge on any atom is -0.383 e. The Balaban J connectivity index is 2.96. The number of benzene rings is 1. The van der Waals surface area contributed by atoms with Crippen LogP contribution in [-0.2, 0) is 14.8 Å². The van der Waals surface area contributed by atoms with Crippen LogP contribution in [0.2, 0.25) is 0 Å². The van der Waals surface area contributed by atoms with E-state index in [4.69, 9.17) is 4.74 Å². The summed E-state index contributed by atoms with van der Waals surface area (Å²) < 4.78 is 31.9. The Morgan fingerprint density at radius 1 is 1.43 bits per heavy atom. The van der Waals surface area contributed by atoms with Crippen LogP contribution >= 0.6 is 0 Å². The molecule has 2 N–H and O–H groups in total. The summed E-state index contributed by atoms with van der Waals surface area (Å²) in [6.07, 6.45) is -0.258. The lowest BCUT2D eigenvalue weighted by Crippen LogP contribution is -2.32. The van der Waals surface area contributed by atoms with Gasteiger partial charge >= 0.3 is 0 Å². The zero-order valence-corrected chi connectivity index (χ0v) is 12.9. The molecule has 9 heteroatoms. The van der Waals surface area contributed by atoms with E-state index < -0.39 is 14.9 Å². The average Bonchev–Trinajstić information content (AvgIpc) is 2.44. The Morgan fingerprint density at radius 3 is 2.62 bits per heavy atom. The predicted molar refractivity (Wildman–Crippen MR) is 78.9 cm³/mol. The molecule has 1 unspecified atom stereocenters. The van der Waals surface area contributed by atoms with Crippen molar-refractivity contribution in [2.45, 2.75) is 24.8 Å². The van der Waals surface area contributed by atoms with Crippen molar-refractivity contribution in [3.05, 3.63) is 28.3 Å². The second-order valence-electron chi connectivity index (χ2n) is 4.30. The van der Waals surface area contributed by atoms with E-state index in [1.807, 2.05) is 6.92 Å². The Bertz CT molecular complexity index is 603. The first-order valence-electron chi connectivity index (χ1n) is 6.39. The van der Waals surface area contributed by atoms with Gasteiger partial charge in [0, 0.05) is 26.3 Å². The molecule has 0 fully saturated rings. The quantitative estimate of drug-likeness (QED) is 0.553. The second kappa shape index (κ2) is 7.34. The van der Waals surface area contributed by atoms with Crippen molar-refractivity contribution >= 4 is 21.4 Å². The molecule has 0 saturated heterocycles. The maximum Gasteiger partial charge on any atom is 0.292 e. The SMILES string of the molecule is CCOC(C)CNS(=O)(=O)c1ccc([N+](=O)[O-])c(NC)c1. The number of nitrogens with zero attached hydrogens (tertiary/aromatic N) is 1. The first-order valence-corrected chi connectivity index (χ1v) is 7.87. The van der Waals surface area contributed by atoms with Gasteiger partial charge in [0.2, 0.25) is 10.0 Å². The Kier molecular flexibility index (Phi) is 6.06. The molecule has 21 heavy (non-hydrogen) atoms. The van der Waals surface area contributed by atoms with Crippen molar-refractivity contribution in [1.82, 2.24) is 4.72 Å². The number of nitro benzene ring substituents is 1. The monoisotopic (exact) mass is 317 g/mol. The number of ether oxygens (including phenoxy) is 1. The predicted octanol–water partition coefficient (Wildman–Crippen LogP) is 1.34. The van der Waals surface area contributed by atoms with Crippen LogP contribution in [0.5, 0.6) is 0 Å². The van der Waals surface area contributed by atoms with Crippen molar-refractivity contribution < 1.29 is 18.1 Å². The van der Waals surface area contributed by atoms with Gasteiger partial charge in [0.25, 0.3) is 5.69 Å². The standard InChI is InChI=1S/C12H19N3O5S/c1-4-20-9(2)8-14-21(18,19)10-5-6-12(15(16)17)11(7-10)13-3/h5-7,9,13-14H,4,8H2,1-3H3. The van der Waals surface area contributed by atoms with Crippen LogP contribution < -0.4 is 10.0 Å². The first-order chi connectivity index (χ1) is 9.81. The molecule has 0 saturated carbocycles. The molecular formula is C12H19N3O5S. The van der Waals surface area contributed by atoms with Crippen molar-refractivity contribution in [2.75, 3.05) is 25.5 Å². The third-order valence-corrected chi connectivity index (χ3v) is 4.18. The van der Waals surface area contributed by atoms with E-state index in [1.54, 1.807) is 6.92 Å². The lowest BCUT2D eigenvalue weighted by atomic mass is 10.3. The van der Waals surface area contributed by atoms with Gasteiger partial charge in [-0.3, -0.25) is 10.1 Å². The molecule has 0 aromatic heterocycles. The number of nitrogens with one attached hydrogen (secondary N) is 2. The first kappa shape index (κ1) is 17.3. The molecule has 0 spiro atoms. The second-order valence-corrected chi connectivity index (χ2v) is 6.07. The van der Waals surface area contributed by atoms with E-state index in [9.17, 15) is 18.5 Å². The summed E-state index contributed by atoms with van der Waals surface area (Å²) in [5.74, 6) is 0. The van der Waals surface area contributed by atoms with E-state index in [0.717, 1.165) is 6.07 Å². The van der Waals surface area contributed by atoms with Gasteiger partial charge in [-0.05, 0) is 26.0 Å². The third-order valence-electron chi connectivity index (χ3n) is 2.76. The molecule has 0 heterocycles. The number of sulfonamides is 1. The summed E-state index contributed by atoms with van der Waals surface area (Å²) in [4.78, 5) is 10.2. The zero-order chi connectivity index (χ0) is 16.0. The highest BCUT2D eigenvalue weighted by atomic mass is 32.2. The molecule has 1 aromatic rings. The van der Waals surface area contributed by atoms with Crippen LogP contribution in [0.1, 0.15) is 13.8 Å². The van der Waals surface area contributed by atoms with Gasteiger partial charge in [0.05, 0.1) is 15.9 Å². The van der Waals surface area contributed by atoms with Crippen molar-refractivity contribution in [3.63, 3.8) is 0 Å². The van der Waals surface area contributed by atoms with Gasteiger partial charge in [-0.25, -0.2) is 13.1 Å². The largest absolute Gasteiger partial charge is 0.383 e. The van der Waals surface area contributed by atoms with Crippen molar-refractivity contribution in [2.24, 2.45) is 0 Å². The molecule has 8 nitrogen and oxygen atoms in total. The zero-order valence-electron chi connectivity index (χ0n) is 12.1. The number of hydrogen-bond donors (Lipinski definition) is 2. The Morgan fingerprint density at radius 2 is 2.10 bits per heavy atom. The van der Waals surface area contributed by atoms with Crippen LogP contribution in [0.25, 0.3) is 0 Å². The van der Waals surface area contributed by atoms with Crippen LogP contribution in [0.3, 0.4) is 0 Å². The lowest BCUT2D eigenvalue weighted by Gasteiger charge is -2.13. The summed E-state index contributed by atoms with van der Waals surface area (Å²) in [7, 11) is -2.25. The van der Waals surface area contributed by atoms with Gasteiger partial charge in [0.15, 0.2) is 0 Å². The normalized spacial score (nSPS) is 12.9. The van der Waals surface area contributed by atoms with Gasteiger partial charge in [-0.1, -0.05) is 0 Å². The fraction of sp³-hybridized carbons (Fsp3) is 0.500. The molecular weight excluding hydrogens is 298 g/mol. The van der Waals surface area contributed by atoms with Crippen LogP contribution in [0.4, 0.5) is 11.4 Å². The van der Waals surface area contributed by atoms with E-state index in [1.165, 1.54) is 19.2 Å². The number of hydrogen-bond acceptors (Lipinski definition) is 6. The van der Waals surface area contributed by atoms with E-state index in [0.29, 0.717) is 6.61 Å². The van der Waals surface area contributed by atoms with E-state index in [2.05, 4.69) is 10.0 Å². The van der Waals surface area contributed by atoms with E-state index in [-0.39, 0.29) is 28.9 Å². The highest BCUT2D eigenvalue weighted by molar-refractivity contribution is 7.89. The lowest BCUT2D eigenvalue weighted by molar-refractivity contribution is -0.384. The summed E-state index contributed by atoms with van der Waals surface area (Å²) in [6, 6.07) is 3.59. The maximum atomic E-state index is 12.1. The molecule has 1 rings (SSSR count). The average molecular weight is 317 g/mol. The Hall–Kier alpha value is -1.71. The molecule has 0 aliphatic carbocycles. The number of anilines is 1. The summed E-state index contributed by atoms with van der Waals surface area (Å²) in [6.45, 7) is 4.19. The highest BCUT2D eigenvalue weighted by Crippen LogP contribution is 2.26. The van der Waals surface area contributed by atoms with Gasteiger partial charge in [-0.2, -0.15) is 0 Å². The molecule has 1 aromatic carbocycles. The molecule has 0 aliphatic heterocycles.